The number of carbonyl (C=O) groups excluding carboxylic acids is 1. The van der Waals surface area contributed by atoms with Gasteiger partial charge >= 0.3 is 0 Å². The highest BCUT2D eigenvalue weighted by atomic mass is 19.1. The Labute approximate surface area is 206 Å². The van der Waals surface area contributed by atoms with Gasteiger partial charge < -0.3 is 20.5 Å². The SMILES string of the molecule is CC1(C)CC(=O)C2=C(C1)Nc1c(O)cccc1NC2c1ccc(OCc2cc(F)cc(F)c2)cc1F. The summed E-state index contributed by atoms with van der Waals surface area (Å²) in [5.41, 5.74) is 2.24. The molecule has 1 aliphatic carbocycles. The minimum Gasteiger partial charge on any atom is -0.506 e. The van der Waals surface area contributed by atoms with Gasteiger partial charge in [-0.15, -0.1) is 0 Å². The predicted octanol–water partition coefficient (Wildman–Crippen LogP) is 6.61. The fourth-order valence-electron chi connectivity index (χ4n) is 4.88. The Bertz CT molecular complexity index is 1380. The molecule has 3 N–H and O–H groups in total. The van der Waals surface area contributed by atoms with Crippen LogP contribution < -0.4 is 15.4 Å². The van der Waals surface area contributed by atoms with Crippen molar-refractivity contribution in [1.82, 2.24) is 0 Å². The molecule has 1 aliphatic heterocycles. The minimum atomic E-state index is -0.800. The summed E-state index contributed by atoms with van der Waals surface area (Å²) in [5, 5.41) is 16.9. The van der Waals surface area contributed by atoms with Crippen molar-refractivity contribution in [2.75, 3.05) is 10.6 Å². The average Bonchev–Trinajstić information content (AvgIpc) is 2.94. The van der Waals surface area contributed by atoms with Crippen molar-refractivity contribution in [2.24, 2.45) is 5.41 Å². The minimum absolute atomic E-state index is 0.0151. The Morgan fingerprint density at radius 1 is 1.03 bits per heavy atom. The standard InChI is InChI=1S/C28H25F3N2O3/c1-28(2)12-22-25(24(35)13-28)26(32-21-4-3-5-23(34)27(21)33-22)19-7-6-18(11-20(19)31)36-14-15-8-16(29)10-17(30)9-15/h3-11,26,32-34H,12-14H2,1-2H3. The summed E-state index contributed by atoms with van der Waals surface area (Å²) < 4.78 is 47.9. The number of aromatic hydroxyl groups is 1. The second kappa shape index (κ2) is 8.93. The van der Waals surface area contributed by atoms with Crippen LogP contribution in [0.2, 0.25) is 0 Å². The third kappa shape index (κ3) is 4.63. The van der Waals surface area contributed by atoms with Gasteiger partial charge in [-0.25, -0.2) is 13.2 Å². The van der Waals surface area contributed by atoms with Crippen molar-refractivity contribution >= 4 is 17.2 Å². The van der Waals surface area contributed by atoms with Gasteiger partial charge in [0.2, 0.25) is 0 Å². The third-order valence-corrected chi connectivity index (χ3v) is 6.44. The van der Waals surface area contributed by atoms with E-state index in [0.717, 1.165) is 18.2 Å². The first-order valence-corrected chi connectivity index (χ1v) is 11.6. The van der Waals surface area contributed by atoms with E-state index < -0.39 is 23.5 Å². The van der Waals surface area contributed by atoms with E-state index in [1.165, 1.54) is 12.1 Å². The lowest BCUT2D eigenvalue weighted by atomic mass is 9.73. The second-order valence-corrected chi connectivity index (χ2v) is 9.98. The number of fused-ring (bicyclic) bond motifs is 1. The van der Waals surface area contributed by atoms with E-state index in [-0.39, 0.29) is 40.4 Å². The van der Waals surface area contributed by atoms with Gasteiger partial charge in [0.1, 0.15) is 41.2 Å². The highest BCUT2D eigenvalue weighted by Gasteiger charge is 2.39. The van der Waals surface area contributed by atoms with Crippen LogP contribution in [0.25, 0.3) is 0 Å². The Kier molecular flexibility index (Phi) is 5.90. The number of phenols is 1. The molecule has 5 rings (SSSR count). The second-order valence-electron chi connectivity index (χ2n) is 9.98. The summed E-state index contributed by atoms with van der Waals surface area (Å²) in [6, 6.07) is 11.5. The van der Waals surface area contributed by atoms with E-state index in [1.807, 2.05) is 13.8 Å². The molecule has 186 valence electrons. The van der Waals surface area contributed by atoms with E-state index >= 15 is 4.39 Å². The molecule has 0 radical (unpaired) electrons. The molecule has 0 saturated carbocycles. The van der Waals surface area contributed by atoms with Crippen LogP contribution in [0.5, 0.6) is 11.5 Å². The summed E-state index contributed by atoms with van der Waals surface area (Å²) in [6.45, 7) is 3.84. The molecule has 36 heavy (non-hydrogen) atoms. The number of hydrogen-bond acceptors (Lipinski definition) is 5. The van der Waals surface area contributed by atoms with Crippen molar-refractivity contribution < 1.29 is 27.8 Å². The number of ether oxygens (including phenoxy) is 1. The third-order valence-electron chi connectivity index (χ3n) is 6.44. The van der Waals surface area contributed by atoms with Gasteiger partial charge in [-0.05, 0) is 53.8 Å². The van der Waals surface area contributed by atoms with E-state index in [2.05, 4.69) is 10.6 Å². The maximum Gasteiger partial charge on any atom is 0.163 e. The Morgan fingerprint density at radius 2 is 1.78 bits per heavy atom. The van der Waals surface area contributed by atoms with Crippen molar-refractivity contribution in [2.45, 2.75) is 39.3 Å². The molecule has 2 aliphatic rings. The molecular formula is C28H25F3N2O3. The van der Waals surface area contributed by atoms with Gasteiger partial charge in [0.15, 0.2) is 5.78 Å². The fraction of sp³-hybridized carbons (Fsp3) is 0.250. The number of phenolic OH excluding ortho intramolecular Hbond substituents is 1. The Hall–Kier alpha value is -3.94. The molecule has 8 heteroatoms. The molecule has 3 aromatic carbocycles. The lowest BCUT2D eigenvalue weighted by molar-refractivity contribution is -0.118. The number of halogens is 3. The molecule has 1 atom stereocenters. The summed E-state index contributed by atoms with van der Waals surface area (Å²) in [5.74, 6) is -1.97. The van der Waals surface area contributed by atoms with Crippen LogP contribution >= 0.6 is 0 Å². The topological polar surface area (TPSA) is 70.6 Å². The molecule has 0 saturated heterocycles. The molecule has 0 amide bonds. The Balaban J connectivity index is 1.50. The fourth-order valence-corrected chi connectivity index (χ4v) is 4.88. The van der Waals surface area contributed by atoms with Crippen LogP contribution in [0.4, 0.5) is 24.5 Å². The molecule has 0 aromatic heterocycles. The first-order chi connectivity index (χ1) is 17.1. The number of carbonyl (C=O) groups is 1. The first kappa shape index (κ1) is 23.8. The molecular weight excluding hydrogens is 469 g/mol. The first-order valence-electron chi connectivity index (χ1n) is 11.6. The Morgan fingerprint density at radius 3 is 2.50 bits per heavy atom. The molecule has 0 fully saturated rings. The lowest BCUT2D eigenvalue weighted by Gasteiger charge is -2.34. The number of allylic oxidation sites excluding steroid dienone is 1. The number of para-hydroxylation sites is 1. The number of rotatable bonds is 4. The van der Waals surface area contributed by atoms with Gasteiger partial charge in [0, 0.05) is 35.4 Å². The molecule has 1 unspecified atom stereocenters. The largest absolute Gasteiger partial charge is 0.506 e. The molecule has 0 bridgehead atoms. The zero-order valence-corrected chi connectivity index (χ0v) is 19.8. The van der Waals surface area contributed by atoms with Crippen LogP contribution in [0.15, 0.2) is 65.9 Å². The van der Waals surface area contributed by atoms with Crippen molar-refractivity contribution in [3.8, 4) is 11.5 Å². The highest BCUT2D eigenvalue weighted by molar-refractivity contribution is 6.01. The summed E-state index contributed by atoms with van der Waals surface area (Å²) >= 11 is 0. The quantitative estimate of drug-likeness (QED) is 0.356. The van der Waals surface area contributed by atoms with Crippen molar-refractivity contribution in [3.63, 3.8) is 0 Å². The van der Waals surface area contributed by atoms with E-state index in [9.17, 15) is 18.7 Å². The molecule has 1 heterocycles. The molecule has 5 nitrogen and oxygen atoms in total. The van der Waals surface area contributed by atoms with Crippen LogP contribution in [-0.2, 0) is 11.4 Å². The number of anilines is 2. The average molecular weight is 495 g/mol. The number of ketones is 1. The van der Waals surface area contributed by atoms with E-state index in [1.54, 1.807) is 24.3 Å². The van der Waals surface area contributed by atoms with Crippen molar-refractivity contribution in [1.29, 1.82) is 0 Å². The van der Waals surface area contributed by atoms with Crippen LogP contribution in [0, 0.1) is 22.9 Å². The number of nitrogens with one attached hydrogen (secondary N) is 2. The molecule has 0 spiro atoms. The number of hydrogen-bond donors (Lipinski definition) is 3. The van der Waals surface area contributed by atoms with Gasteiger partial charge in [-0.1, -0.05) is 19.9 Å². The smallest absolute Gasteiger partial charge is 0.163 e. The van der Waals surface area contributed by atoms with Gasteiger partial charge in [-0.3, -0.25) is 4.79 Å². The monoisotopic (exact) mass is 494 g/mol. The summed E-state index contributed by atoms with van der Waals surface area (Å²) in [7, 11) is 0. The van der Waals surface area contributed by atoms with Crippen LogP contribution in [-0.4, -0.2) is 10.9 Å². The zero-order valence-electron chi connectivity index (χ0n) is 19.8. The van der Waals surface area contributed by atoms with E-state index in [0.29, 0.717) is 35.5 Å². The molecule has 3 aromatic rings. The normalized spacial score (nSPS) is 18.5. The van der Waals surface area contributed by atoms with E-state index in [4.69, 9.17) is 4.74 Å². The summed E-state index contributed by atoms with van der Waals surface area (Å²) in [6.07, 6.45) is 0.855. The van der Waals surface area contributed by atoms with Crippen LogP contribution in [0.1, 0.15) is 43.9 Å². The number of benzene rings is 3. The summed E-state index contributed by atoms with van der Waals surface area (Å²) in [4.78, 5) is 13.3. The van der Waals surface area contributed by atoms with Gasteiger partial charge in [0.05, 0.1) is 11.7 Å². The highest BCUT2D eigenvalue weighted by Crippen LogP contribution is 2.47. The van der Waals surface area contributed by atoms with Gasteiger partial charge in [-0.2, -0.15) is 0 Å². The van der Waals surface area contributed by atoms with Crippen LogP contribution in [0.3, 0.4) is 0 Å². The number of Topliss-reactive ketones (excluding diaryl/α,β-unsaturated/α-hetero) is 1. The predicted molar refractivity (Wildman–Crippen MR) is 130 cm³/mol. The maximum atomic E-state index is 15.5. The zero-order chi connectivity index (χ0) is 25.6. The van der Waals surface area contributed by atoms with Crippen molar-refractivity contribution in [3.05, 3.63) is 94.4 Å². The lowest BCUT2D eigenvalue weighted by Crippen LogP contribution is -2.31. The maximum absolute atomic E-state index is 15.5. The van der Waals surface area contributed by atoms with Gasteiger partial charge in [0.25, 0.3) is 0 Å².